The molecule has 1 N–H and O–H groups in total. The smallest absolute Gasteiger partial charge is 0.333 e. The van der Waals surface area contributed by atoms with Crippen LogP contribution >= 0.6 is 0 Å². The normalized spacial score (nSPS) is 22.6. The third kappa shape index (κ3) is 1.92. The zero-order valence-electron chi connectivity index (χ0n) is 8.22. The fraction of sp³-hybridized carbons (Fsp3) is 0.250. The molecule has 2 atom stereocenters. The molecular weight excluding hydrogens is 192 g/mol. The van der Waals surface area contributed by atoms with Crippen LogP contribution in [0.15, 0.2) is 42.5 Å². The number of ether oxygens (including phenoxy) is 1. The minimum atomic E-state index is -0.769. The third-order valence-electron chi connectivity index (χ3n) is 2.49. The van der Waals surface area contributed by atoms with E-state index in [1.807, 2.05) is 18.2 Å². The number of esters is 1. The second-order valence-electron chi connectivity index (χ2n) is 3.61. The van der Waals surface area contributed by atoms with Crippen LogP contribution in [0.2, 0.25) is 0 Å². The molecule has 2 rings (SSSR count). The SMILES string of the molecule is C=C1C[C@H]([C@H](O)c2ccccc2)OC1=O. The number of cyclic esters (lactones) is 1. The summed E-state index contributed by atoms with van der Waals surface area (Å²) in [6.45, 7) is 3.58. The number of benzene rings is 1. The lowest BCUT2D eigenvalue weighted by Crippen LogP contribution is -2.17. The van der Waals surface area contributed by atoms with Crippen molar-refractivity contribution < 1.29 is 14.6 Å². The second kappa shape index (κ2) is 3.87. The van der Waals surface area contributed by atoms with E-state index < -0.39 is 18.2 Å². The maximum Gasteiger partial charge on any atom is 0.333 e. The monoisotopic (exact) mass is 204 g/mol. The molecule has 1 saturated heterocycles. The van der Waals surface area contributed by atoms with Crippen molar-refractivity contribution in [3.8, 4) is 0 Å². The van der Waals surface area contributed by atoms with E-state index >= 15 is 0 Å². The van der Waals surface area contributed by atoms with Gasteiger partial charge in [0.15, 0.2) is 0 Å². The van der Waals surface area contributed by atoms with Crippen molar-refractivity contribution in [2.45, 2.75) is 18.6 Å². The van der Waals surface area contributed by atoms with Gasteiger partial charge in [-0.15, -0.1) is 0 Å². The summed E-state index contributed by atoms with van der Waals surface area (Å²) in [7, 11) is 0. The van der Waals surface area contributed by atoms with Gasteiger partial charge in [0.1, 0.15) is 12.2 Å². The lowest BCUT2D eigenvalue weighted by atomic mass is 10.0. The van der Waals surface area contributed by atoms with E-state index in [-0.39, 0.29) is 0 Å². The van der Waals surface area contributed by atoms with E-state index in [2.05, 4.69) is 6.58 Å². The van der Waals surface area contributed by atoms with Gasteiger partial charge in [-0.25, -0.2) is 4.79 Å². The topological polar surface area (TPSA) is 46.5 Å². The Hall–Kier alpha value is -1.61. The minimum absolute atomic E-state index is 0.398. The standard InChI is InChI=1S/C12H12O3/c1-8-7-10(15-12(8)14)11(13)9-5-3-2-4-6-9/h2-6,10-11,13H,1,7H2/t10-,11-/m1/s1. The molecule has 1 aliphatic rings. The highest BCUT2D eigenvalue weighted by atomic mass is 16.6. The minimum Gasteiger partial charge on any atom is -0.456 e. The van der Waals surface area contributed by atoms with Crippen molar-refractivity contribution >= 4 is 5.97 Å². The van der Waals surface area contributed by atoms with Crippen molar-refractivity contribution in [2.75, 3.05) is 0 Å². The molecule has 1 aromatic rings. The summed E-state index contributed by atoms with van der Waals surface area (Å²) in [6, 6.07) is 9.16. The summed E-state index contributed by atoms with van der Waals surface area (Å²) < 4.78 is 5.00. The van der Waals surface area contributed by atoms with Gasteiger partial charge < -0.3 is 9.84 Å². The first-order valence-electron chi connectivity index (χ1n) is 4.80. The Bertz CT molecular complexity index is 367. The van der Waals surface area contributed by atoms with Crippen molar-refractivity contribution in [1.29, 1.82) is 0 Å². The van der Waals surface area contributed by atoms with Crippen molar-refractivity contribution in [2.24, 2.45) is 0 Å². The molecule has 0 aliphatic carbocycles. The lowest BCUT2D eigenvalue weighted by molar-refractivity contribution is -0.143. The van der Waals surface area contributed by atoms with Crippen LogP contribution in [0.5, 0.6) is 0 Å². The largest absolute Gasteiger partial charge is 0.456 e. The molecule has 78 valence electrons. The summed E-state index contributed by atoms with van der Waals surface area (Å²) in [5.74, 6) is -0.407. The Labute approximate surface area is 88.0 Å². The molecule has 0 unspecified atom stereocenters. The Kier molecular flexibility index (Phi) is 2.56. The Balaban J connectivity index is 2.13. The Morgan fingerprint density at radius 3 is 2.60 bits per heavy atom. The number of carbonyl (C=O) groups excluding carboxylic acids is 1. The van der Waals surface area contributed by atoms with Crippen LogP contribution in [-0.2, 0) is 9.53 Å². The predicted molar refractivity (Wildman–Crippen MR) is 55.0 cm³/mol. The van der Waals surface area contributed by atoms with Gasteiger partial charge in [0.05, 0.1) is 0 Å². The van der Waals surface area contributed by atoms with Gasteiger partial charge in [-0.3, -0.25) is 0 Å². The van der Waals surface area contributed by atoms with Crippen molar-refractivity contribution in [3.05, 3.63) is 48.0 Å². The van der Waals surface area contributed by atoms with Crippen molar-refractivity contribution in [3.63, 3.8) is 0 Å². The summed E-state index contributed by atoms with van der Waals surface area (Å²) >= 11 is 0. The predicted octanol–water partition coefficient (Wildman–Crippen LogP) is 1.59. The van der Waals surface area contributed by atoms with E-state index in [0.717, 1.165) is 5.56 Å². The molecule has 1 aliphatic heterocycles. The summed E-state index contributed by atoms with van der Waals surface area (Å²) in [5, 5.41) is 9.94. The van der Waals surface area contributed by atoms with E-state index in [4.69, 9.17) is 4.74 Å². The molecular formula is C12H12O3. The van der Waals surface area contributed by atoms with Crippen LogP contribution in [-0.4, -0.2) is 17.2 Å². The number of aliphatic hydroxyl groups is 1. The zero-order chi connectivity index (χ0) is 10.8. The molecule has 3 heteroatoms. The summed E-state index contributed by atoms with van der Waals surface area (Å²) in [5.41, 5.74) is 1.18. The van der Waals surface area contributed by atoms with Crippen LogP contribution in [0.3, 0.4) is 0 Å². The molecule has 0 radical (unpaired) electrons. The highest BCUT2D eigenvalue weighted by molar-refractivity contribution is 5.90. The van der Waals surface area contributed by atoms with Gasteiger partial charge in [-0.1, -0.05) is 36.9 Å². The molecule has 0 aromatic heterocycles. The summed E-state index contributed by atoms with van der Waals surface area (Å²) in [4.78, 5) is 11.1. The first-order valence-corrected chi connectivity index (χ1v) is 4.80. The van der Waals surface area contributed by atoms with Crippen molar-refractivity contribution in [1.82, 2.24) is 0 Å². The molecule has 0 bridgehead atoms. The van der Waals surface area contributed by atoms with Gasteiger partial charge in [-0.05, 0) is 5.56 Å². The maximum atomic E-state index is 11.1. The first kappa shape index (κ1) is 9.93. The average Bonchev–Trinajstić information content (AvgIpc) is 2.59. The molecule has 0 spiro atoms. The van der Waals surface area contributed by atoms with Crippen LogP contribution < -0.4 is 0 Å². The number of aliphatic hydroxyl groups excluding tert-OH is 1. The molecule has 3 nitrogen and oxygen atoms in total. The first-order chi connectivity index (χ1) is 7.18. The van der Waals surface area contributed by atoms with E-state index in [1.54, 1.807) is 12.1 Å². The molecule has 1 aromatic carbocycles. The lowest BCUT2D eigenvalue weighted by Gasteiger charge is -2.16. The summed E-state index contributed by atoms with van der Waals surface area (Å²) in [6.07, 6.45) is -0.865. The van der Waals surface area contributed by atoms with Crippen LogP contribution in [0, 0.1) is 0 Å². The maximum absolute atomic E-state index is 11.1. The zero-order valence-corrected chi connectivity index (χ0v) is 8.22. The molecule has 1 heterocycles. The van der Waals surface area contributed by atoms with E-state index in [0.29, 0.717) is 12.0 Å². The number of rotatable bonds is 2. The Morgan fingerprint density at radius 1 is 1.40 bits per heavy atom. The molecule has 15 heavy (non-hydrogen) atoms. The highest BCUT2D eigenvalue weighted by Gasteiger charge is 2.33. The molecule has 0 amide bonds. The van der Waals surface area contributed by atoms with Crippen LogP contribution in [0.4, 0.5) is 0 Å². The van der Waals surface area contributed by atoms with Gasteiger partial charge in [-0.2, -0.15) is 0 Å². The van der Waals surface area contributed by atoms with Gasteiger partial charge in [0.2, 0.25) is 0 Å². The van der Waals surface area contributed by atoms with Crippen LogP contribution in [0.25, 0.3) is 0 Å². The number of hydrogen-bond donors (Lipinski definition) is 1. The van der Waals surface area contributed by atoms with E-state index in [9.17, 15) is 9.90 Å². The van der Waals surface area contributed by atoms with Gasteiger partial charge in [0.25, 0.3) is 0 Å². The molecule has 1 fully saturated rings. The van der Waals surface area contributed by atoms with E-state index in [1.165, 1.54) is 0 Å². The Morgan fingerprint density at radius 2 is 2.07 bits per heavy atom. The number of hydrogen-bond acceptors (Lipinski definition) is 3. The van der Waals surface area contributed by atoms with Gasteiger partial charge >= 0.3 is 5.97 Å². The fourth-order valence-corrected chi connectivity index (χ4v) is 1.63. The quantitative estimate of drug-likeness (QED) is 0.587. The number of carbonyl (C=O) groups is 1. The fourth-order valence-electron chi connectivity index (χ4n) is 1.63. The third-order valence-corrected chi connectivity index (χ3v) is 2.49. The van der Waals surface area contributed by atoms with Gasteiger partial charge in [0, 0.05) is 12.0 Å². The molecule has 0 saturated carbocycles. The highest BCUT2D eigenvalue weighted by Crippen LogP contribution is 2.29. The average molecular weight is 204 g/mol. The van der Waals surface area contributed by atoms with Crippen LogP contribution in [0.1, 0.15) is 18.1 Å². The second-order valence-corrected chi connectivity index (χ2v) is 3.61.